The smallest absolute Gasteiger partial charge is 0.244 e. The lowest BCUT2D eigenvalue weighted by atomic mass is 10.0. The van der Waals surface area contributed by atoms with Crippen LogP contribution in [0.5, 0.6) is 17.2 Å². The number of nitrogens with one attached hydrogen (secondary N) is 1. The lowest BCUT2D eigenvalue weighted by Gasteiger charge is -2.30. The van der Waals surface area contributed by atoms with Crippen molar-refractivity contribution in [2.45, 2.75) is 37.3 Å². The Kier molecular flexibility index (Phi) is 10.7. The average Bonchev–Trinajstić information content (AvgIpc) is 2.93. The SMILES string of the molecule is COc1ccc(S(=O)(=O)N(CC(C)C)C[C@@H](O)[C@H](Cc2ccccc2)NC(=O)/C=C/c2ccc(O)c(O)c2)cc1. The first-order valence-electron chi connectivity index (χ1n) is 12.9. The van der Waals surface area contributed by atoms with Crippen LogP contribution in [-0.2, 0) is 21.2 Å². The molecule has 4 N–H and O–H groups in total. The van der Waals surface area contributed by atoms with Gasteiger partial charge in [0.05, 0.1) is 24.2 Å². The number of ether oxygens (including phenoxy) is 1. The number of phenols is 2. The molecule has 0 aliphatic carbocycles. The van der Waals surface area contributed by atoms with E-state index in [1.54, 1.807) is 12.1 Å². The largest absolute Gasteiger partial charge is 0.504 e. The number of nitrogens with zero attached hydrogens (tertiary/aromatic N) is 1. The average molecular weight is 569 g/mol. The maximum atomic E-state index is 13.6. The van der Waals surface area contributed by atoms with Crippen molar-refractivity contribution in [3.05, 3.63) is 90.0 Å². The number of methoxy groups -OCH3 is 1. The molecule has 0 saturated heterocycles. The highest BCUT2D eigenvalue weighted by Crippen LogP contribution is 2.25. The molecule has 3 aromatic carbocycles. The lowest BCUT2D eigenvalue weighted by Crippen LogP contribution is -2.50. The van der Waals surface area contributed by atoms with Crippen LogP contribution in [0.3, 0.4) is 0 Å². The summed E-state index contributed by atoms with van der Waals surface area (Å²) in [5.74, 6) is -0.602. The summed E-state index contributed by atoms with van der Waals surface area (Å²) in [6, 6.07) is 18.7. The van der Waals surface area contributed by atoms with E-state index in [0.29, 0.717) is 11.3 Å². The van der Waals surface area contributed by atoms with Gasteiger partial charge in [0.1, 0.15) is 5.75 Å². The molecule has 3 rings (SSSR count). The molecule has 0 radical (unpaired) electrons. The maximum Gasteiger partial charge on any atom is 0.244 e. The normalized spacial score (nSPS) is 13.4. The van der Waals surface area contributed by atoms with Crippen molar-refractivity contribution in [1.82, 2.24) is 9.62 Å². The van der Waals surface area contributed by atoms with Gasteiger partial charge in [0, 0.05) is 19.2 Å². The summed E-state index contributed by atoms with van der Waals surface area (Å²) in [5, 5.41) is 33.3. The monoisotopic (exact) mass is 568 g/mol. The zero-order chi connectivity index (χ0) is 29.3. The van der Waals surface area contributed by atoms with Crippen molar-refractivity contribution in [1.29, 1.82) is 0 Å². The van der Waals surface area contributed by atoms with E-state index in [1.165, 1.54) is 53.9 Å². The van der Waals surface area contributed by atoms with Crippen molar-refractivity contribution in [2.75, 3.05) is 20.2 Å². The number of rotatable bonds is 13. The third-order valence-electron chi connectivity index (χ3n) is 6.17. The van der Waals surface area contributed by atoms with Crippen LogP contribution in [0.2, 0.25) is 0 Å². The molecule has 9 nitrogen and oxygen atoms in total. The lowest BCUT2D eigenvalue weighted by molar-refractivity contribution is -0.118. The number of carbonyl (C=O) groups is 1. The van der Waals surface area contributed by atoms with Crippen LogP contribution >= 0.6 is 0 Å². The van der Waals surface area contributed by atoms with Crippen molar-refractivity contribution in [3.8, 4) is 17.2 Å². The van der Waals surface area contributed by atoms with E-state index in [9.17, 15) is 28.5 Å². The molecule has 3 aromatic rings. The second kappa shape index (κ2) is 14.0. The molecule has 0 aromatic heterocycles. The molecule has 1 amide bonds. The van der Waals surface area contributed by atoms with Crippen LogP contribution in [-0.4, -0.2) is 66.3 Å². The summed E-state index contributed by atoms with van der Waals surface area (Å²) in [5.41, 5.74) is 1.34. The molecule has 0 spiro atoms. The summed E-state index contributed by atoms with van der Waals surface area (Å²) in [7, 11) is -2.46. The number of sulfonamides is 1. The zero-order valence-electron chi connectivity index (χ0n) is 22.8. The van der Waals surface area contributed by atoms with Crippen molar-refractivity contribution in [2.24, 2.45) is 5.92 Å². The van der Waals surface area contributed by atoms with Crippen LogP contribution in [0, 0.1) is 5.92 Å². The summed E-state index contributed by atoms with van der Waals surface area (Å²) in [6.45, 7) is 3.71. The van der Waals surface area contributed by atoms with E-state index in [1.807, 2.05) is 44.2 Å². The molecule has 0 heterocycles. The van der Waals surface area contributed by atoms with Crippen molar-refractivity contribution < 1.29 is 33.3 Å². The molecule has 214 valence electrons. The minimum Gasteiger partial charge on any atom is -0.504 e. The van der Waals surface area contributed by atoms with Crippen LogP contribution in [0.4, 0.5) is 0 Å². The van der Waals surface area contributed by atoms with Gasteiger partial charge in [-0.3, -0.25) is 4.79 Å². The summed E-state index contributed by atoms with van der Waals surface area (Å²) in [4.78, 5) is 12.9. The van der Waals surface area contributed by atoms with Crippen molar-refractivity contribution in [3.63, 3.8) is 0 Å². The van der Waals surface area contributed by atoms with E-state index in [2.05, 4.69) is 5.32 Å². The Morgan fingerprint density at radius 2 is 1.65 bits per heavy atom. The standard InChI is InChI=1S/C30H36N2O7S/c1-21(2)19-32(40(37,38)25-13-11-24(39-3)12-14-25)20-29(35)26(17-22-7-5-4-6-8-22)31-30(36)16-10-23-9-15-27(33)28(34)18-23/h4-16,18,21,26,29,33-35H,17,19-20H2,1-3H3,(H,31,36)/b16-10+/t26-,29+/m0/s1. The number of aliphatic hydroxyl groups excluding tert-OH is 1. The number of benzene rings is 3. The first kappa shape index (κ1) is 30.7. The predicted octanol–water partition coefficient (Wildman–Crippen LogP) is 3.55. The first-order valence-corrected chi connectivity index (χ1v) is 14.3. The predicted molar refractivity (Wildman–Crippen MR) is 153 cm³/mol. The molecule has 0 fully saturated rings. The van der Waals surface area contributed by atoms with Crippen molar-refractivity contribution >= 4 is 22.0 Å². The van der Waals surface area contributed by atoms with E-state index >= 15 is 0 Å². The molecule has 0 saturated carbocycles. The number of phenolic OH excluding ortho intramolecular Hbond substituents is 2. The highest BCUT2D eigenvalue weighted by molar-refractivity contribution is 7.89. The van der Waals surface area contributed by atoms with Gasteiger partial charge in [-0.1, -0.05) is 50.2 Å². The Labute approximate surface area is 235 Å². The molecule has 40 heavy (non-hydrogen) atoms. The van der Waals surface area contributed by atoms with Gasteiger partial charge in [0.2, 0.25) is 15.9 Å². The molecule has 0 aliphatic rings. The molecular formula is C30H36N2O7S. The fourth-order valence-corrected chi connectivity index (χ4v) is 5.73. The Balaban J connectivity index is 1.84. The van der Waals surface area contributed by atoms with Gasteiger partial charge >= 0.3 is 0 Å². The quantitative estimate of drug-likeness (QED) is 0.183. The van der Waals surface area contributed by atoms with Gasteiger partial charge in [-0.25, -0.2) is 8.42 Å². The Morgan fingerprint density at radius 1 is 0.975 bits per heavy atom. The zero-order valence-corrected chi connectivity index (χ0v) is 23.6. The van der Waals surface area contributed by atoms with Gasteiger partial charge in [-0.05, 0) is 65.9 Å². The van der Waals surface area contributed by atoms with E-state index < -0.39 is 28.1 Å². The number of hydrogen-bond acceptors (Lipinski definition) is 7. The highest BCUT2D eigenvalue weighted by Gasteiger charge is 2.31. The fourth-order valence-electron chi connectivity index (χ4n) is 4.11. The van der Waals surface area contributed by atoms with E-state index in [0.717, 1.165) is 5.56 Å². The maximum absolute atomic E-state index is 13.6. The van der Waals surface area contributed by atoms with E-state index in [4.69, 9.17) is 4.74 Å². The van der Waals surface area contributed by atoms with Gasteiger partial charge < -0.3 is 25.4 Å². The third-order valence-corrected chi connectivity index (χ3v) is 8.02. The van der Waals surface area contributed by atoms with Gasteiger partial charge in [0.15, 0.2) is 11.5 Å². The van der Waals surface area contributed by atoms with Gasteiger partial charge in [0.25, 0.3) is 0 Å². The second-order valence-corrected chi connectivity index (χ2v) is 11.8. The minimum absolute atomic E-state index is 0.0213. The first-order chi connectivity index (χ1) is 19.0. The molecule has 0 aliphatic heterocycles. The summed E-state index contributed by atoms with van der Waals surface area (Å²) < 4.78 is 33.5. The van der Waals surface area contributed by atoms with Gasteiger partial charge in [-0.15, -0.1) is 0 Å². The molecular weight excluding hydrogens is 532 g/mol. The summed E-state index contributed by atoms with van der Waals surface area (Å²) >= 11 is 0. The molecule has 0 bridgehead atoms. The number of aliphatic hydroxyl groups is 1. The highest BCUT2D eigenvalue weighted by atomic mass is 32.2. The Morgan fingerprint density at radius 3 is 2.25 bits per heavy atom. The fraction of sp³-hybridized carbons (Fsp3) is 0.300. The van der Waals surface area contributed by atoms with Crippen LogP contribution in [0.1, 0.15) is 25.0 Å². The number of carbonyl (C=O) groups excluding carboxylic acids is 1. The van der Waals surface area contributed by atoms with Gasteiger partial charge in [-0.2, -0.15) is 4.31 Å². The topological polar surface area (TPSA) is 136 Å². The second-order valence-electron chi connectivity index (χ2n) is 9.85. The minimum atomic E-state index is -3.96. The van der Waals surface area contributed by atoms with Crippen LogP contribution in [0.25, 0.3) is 6.08 Å². The Hall–Kier alpha value is -3.86. The van der Waals surface area contributed by atoms with Crippen LogP contribution < -0.4 is 10.1 Å². The third kappa shape index (κ3) is 8.57. The van der Waals surface area contributed by atoms with Crippen LogP contribution in [0.15, 0.2) is 83.8 Å². The Bertz CT molecular complexity index is 1390. The molecule has 10 heteroatoms. The number of aromatic hydroxyl groups is 2. The molecule has 2 atom stereocenters. The number of hydrogen-bond donors (Lipinski definition) is 4. The summed E-state index contributed by atoms with van der Waals surface area (Å²) in [6.07, 6.45) is 1.73. The molecule has 0 unspecified atom stereocenters. The number of amides is 1. The van der Waals surface area contributed by atoms with E-state index in [-0.39, 0.29) is 41.8 Å².